The van der Waals surface area contributed by atoms with Gasteiger partial charge in [0, 0.05) is 31.3 Å². The highest BCUT2D eigenvalue weighted by Crippen LogP contribution is 2.29. The second-order valence-corrected chi connectivity index (χ2v) is 6.50. The van der Waals surface area contributed by atoms with Crippen LogP contribution in [-0.4, -0.2) is 34.9 Å². The van der Waals surface area contributed by atoms with Crippen LogP contribution in [0.5, 0.6) is 11.5 Å². The molecule has 0 spiro atoms. The van der Waals surface area contributed by atoms with E-state index in [9.17, 15) is 14.0 Å². The van der Waals surface area contributed by atoms with Gasteiger partial charge in [0.1, 0.15) is 11.6 Å². The van der Waals surface area contributed by atoms with Gasteiger partial charge in [-0.05, 0) is 24.3 Å². The van der Waals surface area contributed by atoms with Crippen LogP contribution in [0.25, 0.3) is 0 Å². The van der Waals surface area contributed by atoms with Gasteiger partial charge in [0.2, 0.25) is 5.91 Å². The molecule has 0 aromatic heterocycles. The third-order valence-electron chi connectivity index (χ3n) is 3.64. The molecule has 25 heavy (non-hydrogen) atoms. The van der Waals surface area contributed by atoms with Crippen molar-refractivity contribution >= 4 is 28.6 Å². The lowest BCUT2D eigenvalue weighted by atomic mass is 10.2. The molecule has 0 saturated carbocycles. The molecule has 3 rings (SSSR count). The van der Waals surface area contributed by atoms with Crippen LogP contribution >= 0.6 is 11.8 Å². The number of ether oxygens (including phenoxy) is 1. The van der Waals surface area contributed by atoms with Gasteiger partial charge in [0.15, 0.2) is 5.75 Å². The molecule has 0 bridgehead atoms. The predicted octanol–water partition coefficient (Wildman–Crippen LogP) is 4.12. The van der Waals surface area contributed by atoms with E-state index in [1.165, 1.54) is 23.9 Å². The molecule has 1 heterocycles. The molecule has 0 atom stereocenters. The zero-order valence-corrected chi connectivity index (χ0v) is 14.2. The molecule has 2 aromatic rings. The fourth-order valence-electron chi connectivity index (χ4n) is 2.39. The largest absolute Gasteiger partial charge is 0.455 e. The molecule has 5 nitrogen and oxygen atoms in total. The Labute approximate surface area is 149 Å². The van der Waals surface area contributed by atoms with Crippen molar-refractivity contribution in [3.8, 4) is 11.5 Å². The molecular weight excluding hydrogens is 343 g/mol. The summed E-state index contributed by atoms with van der Waals surface area (Å²) >= 11 is 1.27. The number of benzene rings is 2. The van der Waals surface area contributed by atoms with Crippen molar-refractivity contribution in [2.24, 2.45) is 0 Å². The van der Waals surface area contributed by atoms with Gasteiger partial charge in [0.05, 0.1) is 5.69 Å². The maximum absolute atomic E-state index is 13.3. The zero-order chi connectivity index (χ0) is 17.6. The van der Waals surface area contributed by atoms with E-state index >= 15 is 0 Å². The number of amides is 2. The average Bonchev–Trinajstić information content (AvgIpc) is 3.00. The van der Waals surface area contributed by atoms with Gasteiger partial charge in [-0.2, -0.15) is 0 Å². The summed E-state index contributed by atoms with van der Waals surface area (Å²) in [7, 11) is 0. The molecular formula is C18H17FN2O3S. The SMILES string of the molecule is O=C(CCN1CCSC1=O)Nc1ccccc1Oc1cccc(F)c1. The van der Waals surface area contributed by atoms with E-state index < -0.39 is 5.82 Å². The predicted molar refractivity (Wildman–Crippen MR) is 95.6 cm³/mol. The fraction of sp³-hybridized carbons (Fsp3) is 0.222. The molecule has 0 unspecified atom stereocenters. The summed E-state index contributed by atoms with van der Waals surface area (Å²) in [6.45, 7) is 1.07. The van der Waals surface area contributed by atoms with E-state index in [4.69, 9.17) is 4.74 Å². The number of hydrogen-bond donors (Lipinski definition) is 1. The van der Waals surface area contributed by atoms with Crippen molar-refractivity contribution in [3.63, 3.8) is 0 Å². The van der Waals surface area contributed by atoms with E-state index in [0.29, 0.717) is 30.3 Å². The Hall–Kier alpha value is -2.54. The van der Waals surface area contributed by atoms with Crippen molar-refractivity contribution < 1.29 is 18.7 Å². The summed E-state index contributed by atoms with van der Waals surface area (Å²) < 4.78 is 18.9. The van der Waals surface area contributed by atoms with Crippen LogP contribution in [0.1, 0.15) is 6.42 Å². The summed E-state index contributed by atoms with van der Waals surface area (Å²) in [6.07, 6.45) is 0.209. The number of halogens is 1. The summed E-state index contributed by atoms with van der Waals surface area (Å²) in [5.74, 6) is 0.938. The number of anilines is 1. The van der Waals surface area contributed by atoms with Gasteiger partial charge >= 0.3 is 0 Å². The lowest BCUT2D eigenvalue weighted by Crippen LogP contribution is -2.27. The number of hydrogen-bond acceptors (Lipinski definition) is 4. The van der Waals surface area contributed by atoms with E-state index in [1.54, 1.807) is 41.3 Å². The fourth-order valence-corrected chi connectivity index (χ4v) is 3.25. The number of thioether (sulfide) groups is 1. The molecule has 1 saturated heterocycles. The summed E-state index contributed by atoms with van der Waals surface area (Å²) in [4.78, 5) is 25.4. The first-order valence-electron chi connectivity index (χ1n) is 7.86. The van der Waals surface area contributed by atoms with Crippen LogP contribution in [0.3, 0.4) is 0 Å². The smallest absolute Gasteiger partial charge is 0.281 e. The number of nitrogens with one attached hydrogen (secondary N) is 1. The van der Waals surface area contributed by atoms with Gasteiger partial charge in [-0.25, -0.2) is 4.39 Å². The van der Waals surface area contributed by atoms with Crippen LogP contribution in [-0.2, 0) is 4.79 Å². The van der Waals surface area contributed by atoms with E-state index in [1.807, 2.05) is 0 Å². The summed E-state index contributed by atoms with van der Waals surface area (Å²) in [5, 5.41) is 2.80. The van der Waals surface area contributed by atoms with Crippen LogP contribution in [0.15, 0.2) is 48.5 Å². The van der Waals surface area contributed by atoms with Crippen molar-refractivity contribution in [2.45, 2.75) is 6.42 Å². The maximum Gasteiger partial charge on any atom is 0.281 e. The second kappa shape index (κ2) is 8.02. The zero-order valence-electron chi connectivity index (χ0n) is 13.4. The number of para-hydroxylation sites is 2. The summed E-state index contributed by atoms with van der Waals surface area (Å²) in [6, 6.07) is 12.7. The van der Waals surface area contributed by atoms with Gasteiger partial charge in [-0.1, -0.05) is 30.0 Å². The van der Waals surface area contributed by atoms with Crippen LogP contribution in [0, 0.1) is 5.82 Å². The van der Waals surface area contributed by atoms with E-state index in [-0.39, 0.29) is 17.6 Å². The molecule has 7 heteroatoms. The standard InChI is InChI=1S/C18H17FN2O3S/c19-13-4-3-5-14(12-13)24-16-7-2-1-6-15(16)20-17(22)8-9-21-10-11-25-18(21)23/h1-7,12H,8-11H2,(H,20,22). The Morgan fingerprint density at radius 2 is 2.08 bits per heavy atom. The molecule has 1 aliphatic rings. The molecule has 1 aliphatic heterocycles. The first-order chi connectivity index (χ1) is 12.1. The minimum Gasteiger partial charge on any atom is -0.455 e. The second-order valence-electron chi connectivity index (χ2n) is 5.46. The maximum atomic E-state index is 13.3. The molecule has 0 radical (unpaired) electrons. The topological polar surface area (TPSA) is 58.6 Å². The van der Waals surface area contributed by atoms with Crippen LogP contribution < -0.4 is 10.1 Å². The van der Waals surface area contributed by atoms with E-state index in [2.05, 4.69) is 5.32 Å². The molecule has 130 valence electrons. The monoisotopic (exact) mass is 360 g/mol. The minimum absolute atomic E-state index is 0.0163. The Kier molecular flexibility index (Phi) is 5.55. The third-order valence-corrected chi connectivity index (χ3v) is 4.53. The van der Waals surface area contributed by atoms with Gasteiger partial charge in [-0.3, -0.25) is 9.59 Å². The highest BCUT2D eigenvalue weighted by Gasteiger charge is 2.21. The Morgan fingerprint density at radius 1 is 1.24 bits per heavy atom. The number of carbonyl (C=O) groups is 2. The lowest BCUT2D eigenvalue weighted by molar-refractivity contribution is -0.116. The third kappa shape index (κ3) is 4.73. The van der Waals surface area contributed by atoms with Crippen LogP contribution in [0.2, 0.25) is 0 Å². The highest BCUT2D eigenvalue weighted by molar-refractivity contribution is 8.13. The summed E-state index contributed by atoms with van der Waals surface area (Å²) in [5.41, 5.74) is 0.499. The van der Waals surface area contributed by atoms with Gasteiger partial charge < -0.3 is 15.0 Å². The quantitative estimate of drug-likeness (QED) is 0.842. The Bertz CT molecular complexity index is 784. The molecule has 0 aliphatic carbocycles. The molecule has 1 N–H and O–H groups in total. The molecule has 2 aromatic carbocycles. The van der Waals surface area contributed by atoms with Crippen molar-refractivity contribution in [3.05, 3.63) is 54.3 Å². The van der Waals surface area contributed by atoms with Gasteiger partial charge in [0.25, 0.3) is 5.24 Å². The number of rotatable bonds is 6. The van der Waals surface area contributed by atoms with Crippen LogP contribution in [0.4, 0.5) is 14.9 Å². The van der Waals surface area contributed by atoms with Crippen molar-refractivity contribution in [1.82, 2.24) is 4.90 Å². The Morgan fingerprint density at radius 3 is 2.84 bits per heavy atom. The van der Waals surface area contributed by atoms with Gasteiger partial charge in [-0.15, -0.1) is 0 Å². The highest BCUT2D eigenvalue weighted by atomic mass is 32.2. The molecule has 1 fully saturated rings. The minimum atomic E-state index is -0.396. The normalized spacial score (nSPS) is 13.8. The van der Waals surface area contributed by atoms with E-state index in [0.717, 1.165) is 5.75 Å². The number of carbonyl (C=O) groups excluding carboxylic acids is 2. The molecule has 2 amide bonds. The first kappa shape index (κ1) is 17.3. The number of nitrogens with zero attached hydrogens (tertiary/aromatic N) is 1. The Balaban J connectivity index is 1.62. The average molecular weight is 360 g/mol. The lowest BCUT2D eigenvalue weighted by Gasteiger charge is -2.15. The van der Waals surface area contributed by atoms with Crippen molar-refractivity contribution in [2.75, 3.05) is 24.2 Å². The van der Waals surface area contributed by atoms with Crippen molar-refractivity contribution in [1.29, 1.82) is 0 Å². The first-order valence-corrected chi connectivity index (χ1v) is 8.84.